The zero-order valence-electron chi connectivity index (χ0n) is 13.4. The van der Waals surface area contributed by atoms with Crippen LogP contribution in [0.5, 0.6) is 0 Å². The molecular weight excluding hydrogens is 296 g/mol. The molecule has 23 heavy (non-hydrogen) atoms. The van der Waals surface area contributed by atoms with Gasteiger partial charge in [-0.1, -0.05) is 0 Å². The van der Waals surface area contributed by atoms with E-state index < -0.39 is 11.5 Å². The zero-order valence-corrected chi connectivity index (χ0v) is 13.4. The van der Waals surface area contributed by atoms with Gasteiger partial charge in [0, 0.05) is 12.0 Å². The second-order valence-corrected chi connectivity index (χ2v) is 6.04. The van der Waals surface area contributed by atoms with E-state index in [0.717, 1.165) is 0 Å². The molecule has 2 aromatic heterocycles. The summed E-state index contributed by atoms with van der Waals surface area (Å²) in [7, 11) is 0. The van der Waals surface area contributed by atoms with Crippen LogP contribution in [0.4, 0.5) is 0 Å². The lowest BCUT2D eigenvalue weighted by molar-refractivity contribution is -0.137. The highest BCUT2D eigenvalue weighted by Crippen LogP contribution is 2.20. The normalized spacial score (nSPS) is 11.3. The van der Waals surface area contributed by atoms with Crippen molar-refractivity contribution in [1.29, 1.82) is 0 Å². The highest BCUT2D eigenvalue weighted by atomic mass is 16.4. The van der Waals surface area contributed by atoms with E-state index in [0.29, 0.717) is 29.1 Å². The lowest BCUT2D eigenvalue weighted by Crippen LogP contribution is -2.44. The average molecular weight is 316 g/mol. The SMILES string of the molecule is Cc1nc(-c2ccco2)ccc1C(=O)NC(C)(C)CCC(=O)O. The molecule has 2 N–H and O–H groups in total. The van der Waals surface area contributed by atoms with Crippen LogP contribution in [0.3, 0.4) is 0 Å². The Labute approximate surface area is 134 Å². The fourth-order valence-electron chi connectivity index (χ4n) is 2.22. The Morgan fingerprint density at radius 3 is 2.61 bits per heavy atom. The summed E-state index contributed by atoms with van der Waals surface area (Å²) in [6.07, 6.45) is 1.92. The first-order valence-electron chi connectivity index (χ1n) is 7.34. The Kier molecular flexibility index (Phi) is 4.83. The maximum absolute atomic E-state index is 12.4. The highest BCUT2D eigenvalue weighted by Gasteiger charge is 2.23. The van der Waals surface area contributed by atoms with Crippen molar-refractivity contribution in [2.45, 2.75) is 39.2 Å². The van der Waals surface area contributed by atoms with Gasteiger partial charge in [0.1, 0.15) is 5.69 Å². The first kappa shape index (κ1) is 16.7. The van der Waals surface area contributed by atoms with Crippen molar-refractivity contribution >= 4 is 11.9 Å². The van der Waals surface area contributed by atoms with E-state index in [1.165, 1.54) is 0 Å². The Hall–Kier alpha value is -2.63. The number of pyridine rings is 1. The van der Waals surface area contributed by atoms with E-state index in [4.69, 9.17) is 9.52 Å². The van der Waals surface area contributed by atoms with Crippen LogP contribution in [0.1, 0.15) is 42.7 Å². The topological polar surface area (TPSA) is 92.4 Å². The quantitative estimate of drug-likeness (QED) is 0.854. The number of nitrogens with zero attached hydrogens (tertiary/aromatic N) is 1. The fourth-order valence-corrected chi connectivity index (χ4v) is 2.22. The van der Waals surface area contributed by atoms with Gasteiger partial charge in [-0.05, 0) is 51.5 Å². The molecule has 1 amide bonds. The summed E-state index contributed by atoms with van der Waals surface area (Å²) in [5, 5.41) is 11.6. The van der Waals surface area contributed by atoms with Crippen molar-refractivity contribution in [1.82, 2.24) is 10.3 Å². The van der Waals surface area contributed by atoms with Crippen LogP contribution in [0.25, 0.3) is 11.5 Å². The van der Waals surface area contributed by atoms with Gasteiger partial charge in [0.2, 0.25) is 0 Å². The molecule has 0 saturated heterocycles. The van der Waals surface area contributed by atoms with E-state index in [2.05, 4.69) is 10.3 Å². The smallest absolute Gasteiger partial charge is 0.303 e. The molecule has 0 aromatic carbocycles. The van der Waals surface area contributed by atoms with Gasteiger partial charge in [0.25, 0.3) is 5.91 Å². The predicted octanol–water partition coefficient (Wildman–Crippen LogP) is 3.02. The number of hydrogen-bond donors (Lipinski definition) is 2. The van der Waals surface area contributed by atoms with Crippen LogP contribution in [-0.2, 0) is 4.79 Å². The number of furan rings is 1. The van der Waals surface area contributed by atoms with Gasteiger partial charge in [0.05, 0.1) is 17.5 Å². The molecule has 0 fully saturated rings. The van der Waals surface area contributed by atoms with Gasteiger partial charge in [-0.2, -0.15) is 0 Å². The molecule has 0 aliphatic heterocycles. The maximum atomic E-state index is 12.4. The summed E-state index contributed by atoms with van der Waals surface area (Å²) in [6, 6.07) is 7.00. The van der Waals surface area contributed by atoms with Crippen molar-refractivity contribution in [3.05, 3.63) is 41.8 Å². The van der Waals surface area contributed by atoms with Crippen LogP contribution in [0, 0.1) is 6.92 Å². The van der Waals surface area contributed by atoms with Crippen molar-refractivity contribution in [3.63, 3.8) is 0 Å². The van der Waals surface area contributed by atoms with E-state index in [1.54, 1.807) is 51.3 Å². The minimum absolute atomic E-state index is 0.00193. The molecule has 0 saturated carbocycles. The largest absolute Gasteiger partial charge is 0.481 e. The first-order chi connectivity index (χ1) is 10.8. The molecule has 0 unspecified atom stereocenters. The number of aryl methyl sites for hydroxylation is 1. The molecular formula is C17H20N2O4. The molecule has 0 bridgehead atoms. The summed E-state index contributed by atoms with van der Waals surface area (Å²) in [5.74, 6) is -0.508. The standard InChI is InChI=1S/C17H20N2O4/c1-11-12(6-7-13(18-11)14-5-4-10-23-14)16(22)19-17(2,3)9-8-15(20)21/h4-7,10H,8-9H2,1-3H3,(H,19,22)(H,20,21). The van der Waals surface area contributed by atoms with Gasteiger partial charge in [0.15, 0.2) is 5.76 Å². The second-order valence-electron chi connectivity index (χ2n) is 6.04. The summed E-state index contributed by atoms with van der Waals surface area (Å²) in [5.41, 5.74) is 1.10. The van der Waals surface area contributed by atoms with Crippen LogP contribution < -0.4 is 5.32 Å². The first-order valence-corrected chi connectivity index (χ1v) is 7.34. The Morgan fingerprint density at radius 1 is 1.30 bits per heavy atom. The minimum Gasteiger partial charge on any atom is -0.481 e. The highest BCUT2D eigenvalue weighted by molar-refractivity contribution is 5.96. The zero-order chi connectivity index (χ0) is 17.0. The third kappa shape index (κ3) is 4.42. The lowest BCUT2D eigenvalue weighted by Gasteiger charge is -2.26. The van der Waals surface area contributed by atoms with Crippen LogP contribution in [0.2, 0.25) is 0 Å². The Balaban J connectivity index is 2.12. The molecule has 6 nitrogen and oxygen atoms in total. The summed E-state index contributed by atoms with van der Waals surface area (Å²) < 4.78 is 5.29. The number of aromatic nitrogens is 1. The predicted molar refractivity (Wildman–Crippen MR) is 85.1 cm³/mol. The van der Waals surface area contributed by atoms with Gasteiger partial charge < -0.3 is 14.8 Å². The summed E-state index contributed by atoms with van der Waals surface area (Å²) in [4.78, 5) is 27.5. The van der Waals surface area contributed by atoms with Gasteiger partial charge in [-0.25, -0.2) is 4.98 Å². The molecule has 0 spiro atoms. The molecule has 2 aromatic rings. The van der Waals surface area contributed by atoms with Crippen LogP contribution in [-0.4, -0.2) is 27.5 Å². The van der Waals surface area contributed by atoms with Crippen molar-refractivity contribution in [3.8, 4) is 11.5 Å². The number of amides is 1. The number of carbonyl (C=O) groups excluding carboxylic acids is 1. The molecule has 2 rings (SSSR count). The number of carbonyl (C=O) groups is 2. The molecule has 0 radical (unpaired) electrons. The molecule has 0 aliphatic carbocycles. The number of nitrogens with one attached hydrogen (secondary N) is 1. The minimum atomic E-state index is -0.882. The molecule has 0 aliphatic rings. The lowest BCUT2D eigenvalue weighted by atomic mass is 9.97. The molecule has 2 heterocycles. The Bertz CT molecular complexity index is 705. The molecule has 0 atom stereocenters. The molecule has 6 heteroatoms. The summed E-state index contributed by atoms with van der Waals surface area (Å²) >= 11 is 0. The number of carboxylic acid groups (broad SMARTS) is 1. The fraction of sp³-hybridized carbons (Fsp3) is 0.353. The molecule has 122 valence electrons. The second kappa shape index (κ2) is 6.64. The third-order valence-electron chi connectivity index (χ3n) is 3.52. The Morgan fingerprint density at radius 2 is 2.04 bits per heavy atom. The van der Waals surface area contributed by atoms with E-state index in [-0.39, 0.29) is 12.3 Å². The summed E-state index contributed by atoms with van der Waals surface area (Å²) in [6.45, 7) is 5.35. The average Bonchev–Trinajstić information content (AvgIpc) is 2.98. The number of hydrogen-bond acceptors (Lipinski definition) is 4. The van der Waals surface area contributed by atoms with E-state index in [1.807, 2.05) is 0 Å². The number of rotatable bonds is 6. The van der Waals surface area contributed by atoms with Crippen LogP contribution in [0.15, 0.2) is 34.9 Å². The van der Waals surface area contributed by atoms with Gasteiger partial charge in [-0.3, -0.25) is 9.59 Å². The van der Waals surface area contributed by atoms with Crippen LogP contribution >= 0.6 is 0 Å². The van der Waals surface area contributed by atoms with Crippen molar-refractivity contribution in [2.75, 3.05) is 0 Å². The van der Waals surface area contributed by atoms with Gasteiger partial charge >= 0.3 is 5.97 Å². The third-order valence-corrected chi connectivity index (χ3v) is 3.52. The van der Waals surface area contributed by atoms with E-state index >= 15 is 0 Å². The van der Waals surface area contributed by atoms with E-state index in [9.17, 15) is 9.59 Å². The van der Waals surface area contributed by atoms with Crippen molar-refractivity contribution < 1.29 is 19.1 Å². The monoisotopic (exact) mass is 316 g/mol. The maximum Gasteiger partial charge on any atom is 0.303 e. The van der Waals surface area contributed by atoms with Gasteiger partial charge in [-0.15, -0.1) is 0 Å². The van der Waals surface area contributed by atoms with Crippen molar-refractivity contribution in [2.24, 2.45) is 0 Å². The number of carboxylic acids is 1. The number of aliphatic carboxylic acids is 1.